The molecule has 0 aromatic heterocycles. The van der Waals surface area contributed by atoms with Gasteiger partial charge in [-0.1, -0.05) is 60.7 Å². The van der Waals surface area contributed by atoms with Gasteiger partial charge in [0.05, 0.1) is 5.75 Å². The standard InChI is InChI=1S/C28H32N2O3S/c1-20-8-6-7-11-25(20)27-17-22(12-15-26(27)28(29)31)18-30-23(16-21-9-4-3-5-10-21)13-14-24(30)19-34(2,32)33/h3-12,15,17,23-24H,13-14,16,18-19H2,1-2H3,(H2,29,31)/t23-,24?/m1/s1. The van der Waals surface area contributed by atoms with E-state index in [1.54, 1.807) is 6.07 Å². The van der Waals surface area contributed by atoms with Crippen molar-refractivity contribution in [2.24, 2.45) is 5.73 Å². The molecule has 1 saturated heterocycles. The van der Waals surface area contributed by atoms with Gasteiger partial charge in [-0.3, -0.25) is 9.69 Å². The van der Waals surface area contributed by atoms with Gasteiger partial charge < -0.3 is 5.73 Å². The second-order valence-electron chi connectivity index (χ2n) is 9.40. The Morgan fingerprint density at radius 3 is 2.26 bits per heavy atom. The van der Waals surface area contributed by atoms with E-state index in [4.69, 9.17) is 5.73 Å². The van der Waals surface area contributed by atoms with Crippen LogP contribution in [0.3, 0.4) is 0 Å². The Morgan fingerprint density at radius 2 is 1.59 bits per heavy atom. The highest BCUT2D eigenvalue weighted by Crippen LogP contribution is 2.32. The van der Waals surface area contributed by atoms with Crippen LogP contribution in [0.4, 0.5) is 0 Å². The van der Waals surface area contributed by atoms with Crippen LogP contribution in [0.15, 0.2) is 72.8 Å². The van der Waals surface area contributed by atoms with Crippen LogP contribution in [0.1, 0.15) is 39.9 Å². The fourth-order valence-electron chi connectivity index (χ4n) is 5.12. The van der Waals surface area contributed by atoms with Gasteiger partial charge in [-0.15, -0.1) is 0 Å². The highest BCUT2D eigenvalue weighted by molar-refractivity contribution is 7.90. The topological polar surface area (TPSA) is 80.5 Å². The summed E-state index contributed by atoms with van der Waals surface area (Å²) < 4.78 is 24.3. The van der Waals surface area contributed by atoms with E-state index in [2.05, 4.69) is 17.0 Å². The Labute approximate surface area is 202 Å². The molecule has 1 amide bonds. The molecule has 1 heterocycles. The van der Waals surface area contributed by atoms with Crippen LogP contribution >= 0.6 is 0 Å². The molecule has 1 unspecified atom stereocenters. The number of carbonyl (C=O) groups excluding carboxylic acids is 1. The Hall–Kier alpha value is -2.96. The highest BCUT2D eigenvalue weighted by Gasteiger charge is 2.35. The van der Waals surface area contributed by atoms with Crippen LogP contribution in [-0.4, -0.2) is 43.3 Å². The second-order valence-corrected chi connectivity index (χ2v) is 11.6. The summed E-state index contributed by atoms with van der Waals surface area (Å²) in [6.07, 6.45) is 4.01. The molecule has 3 aromatic carbocycles. The lowest BCUT2D eigenvalue weighted by atomic mass is 9.93. The van der Waals surface area contributed by atoms with Gasteiger partial charge in [0.25, 0.3) is 0 Å². The van der Waals surface area contributed by atoms with Gasteiger partial charge in [0.2, 0.25) is 5.91 Å². The van der Waals surface area contributed by atoms with E-state index in [-0.39, 0.29) is 17.8 Å². The maximum atomic E-state index is 12.2. The minimum atomic E-state index is -3.11. The molecule has 0 spiro atoms. The first kappa shape index (κ1) is 24.2. The van der Waals surface area contributed by atoms with Gasteiger partial charge in [-0.2, -0.15) is 0 Å². The molecule has 2 atom stereocenters. The number of sulfone groups is 1. The zero-order valence-electron chi connectivity index (χ0n) is 19.8. The molecule has 34 heavy (non-hydrogen) atoms. The molecule has 0 bridgehead atoms. The van der Waals surface area contributed by atoms with Crippen molar-refractivity contribution in [1.29, 1.82) is 0 Å². The monoisotopic (exact) mass is 476 g/mol. The van der Waals surface area contributed by atoms with Gasteiger partial charge in [0.15, 0.2) is 0 Å². The van der Waals surface area contributed by atoms with Crippen LogP contribution in [0, 0.1) is 6.92 Å². The molecule has 0 saturated carbocycles. The first-order valence-electron chi connectivity index (χ1n) is 11.7. The van der Waals surface area contributed by atoms with Crippen LogP contribution in [0.5, 0.6) is 0 Å². The smallest absolute Gasteiger partial charge is 0.249 e. The number of nitrogens with two attached hydrogens (primary N) is 1. The van der Waals surface area contributed by atoms with E-state index in [0.717, 1.165) is 41.5 Å². The van der Waals surface area contributed by atoms with Gasteiger partial charge in [-0.25, -0.2) is 8.42 Å². The summed E-state index contributed by atoms with van der Waals surface area (Å²) in [5.41, 5.74) is 11.4. The minimum absolute atomic E-state index is 0.0264. The quantitative estimate of drug-likeness (QED) is 0.523. The number of rotatable bonds is 8. The zero-order valence-corrected chi connectivity index (χ0v) is 20.6. The number of likely N-dealkylation sites (tertiary alicyclic amines) is 1. The zero-order chi connectivity index (χ0) is 24.3. The van der Waals surface area contributed by atoms with E-state index < -0.39 is 15.7 Å². The number of amides is 1. The van der Waals surface area contributed by atoms with Gasteiger partial charge in [0, 0.05) is 30.4 Å². The molecule has 1 aliphatic rings. The number of hydrogen-bond donors (Lipinski definition) is 1. The molecule has 1 fully saturated rings. The minimum Gasteiger partial charge on any atom is -0.366 e. The van der Waals surface area contributed by atoms with Crippen LogP contribution in [-0.2, 0) is 22.8 Å². The van der Waals surface area contributed by atoms with E-state index in [0.29, 0.717) is 12.1 Å². The van der Waals surface area contributed by atoms with Crippen molar-refractivity contribution in [3.05, 3.63) is 95.1 Å². The van der Waals surface area contributed by atoms with E-state index in [9.17, 15) is 13.2 Å². The summed E-state index contributed by atoms with van der Waals surface area (Å²) in [6.45, 7) is 2.64. The molecule has 0 radical (unpaired) electrons. The van der Waals surface area contributed by atoms with Crippen molar-refractivity contribution >= 4 is 15.7 Å². The largest absolute Gasteiger partial charge is 0.366 e. The number of hydrogen-bond acceptors (Lipinski definition) is 4. The number of nitrogens with zero attached hydrogens (tertiary/aromatic N) is 1. The van der Waals surface area contributed by atoms with Crippen molar-refractivity contribution in [3.8, 4) is 11.1 Å². The van der Waals surface area contributed by atoms with Crippen molar-refractivity contribution in [3.63, 3.8) is 0 Å². The summed E-state index contributed by atoms with van der Waals surface area (Å²) in [6, 6.07) is 24.3. The Balaban J connectivity index is 1.68. The first-order valence-corrected chi connectivity index (χ1v) is 13.7. The predicted molar refractivity (Wildman–Crippen MR) is 137 cm³/mol. The van der Waals surface area contributed by atoms with Crippen LogP contribution in [0.25, 0.3) is 11.1 Å². The van der Waals surface area contributed by atoms with Crippen molar-refractivity contribution in [2.45, 2.75) is 44.8 Å². The summed E-state index contributed by atoms with van der Waals surface area (Å²) in [4.78, 5) is 14.5. The fourth-order valence-corrected chi connectivity index (χ4v) is 6.18. The number of carbonyl (C=O) groups is 1. The molecule has 5 nitrogen and oxygen atoms in total. The number of aryl methyl sites for hydroxylation is 1. The van der Waals surface area contributed by atoms with Crippen molar-refractivity contribution in [1.82, 2.24) is 4.90 Å². The highest BCUT2D eigenvalue weighted by atomic mass is 32.2. The maximum absolute atomic E-state index is 12.2. The van der Waals surface area contributed by atoms with Crippen molar-refractivity contribution in [2.75, 3.05) is 12.0 Å². The molecular formula is C28H32N2O3S. The lowest BCUT2D eigenvalue weighted by molar-refractivity contribution is 0.100. The summed E-state index contributed by atoms with van der Waals surface area (Å²) in [5, 5.41) is 0. The Kier molecular flexibility index (Phi) is 7.19. The number of primary amides is 1. The normalized spacial score (nSPS) is 18.8. The van der Waals surface area contributed by atoms with E-state index in [1.165, 1.54) is 11.8 Å². The summed E-state index contributed by atoms with van der Waals surface area (Å²) in [7, 11) is -3.11. The SMILES string of the molecule is Cc1ccccc1-c1cc(CN2C(CS(C)(=O)=O)CC[C@@H]2Cc2ccccc2)ccc1C(N)=O. The summed E-state index contributed by atoms with van der Waals surface area (Å²) >= 11 is 0. The molecular weight excluding hydrogens is 444 g/mol. The second kappa shape index (κ2) is 10.1. The molecule has 0 aliphatic carbocycles. The third kappa shape index (κ3) is 5.75. The molecule has 178 valence electrons. The average molecular weight is 477 g/mol. The molecule has 6 heteroatoms. The van der Waals surface area contributed by atoms with Crippen molar-refractivity contribution < 1.29 is 13.2 Å². The average Bonchev–Trinajstić information content (AvgIpc) is 3.13. The Morgan fingerprint density at radius 1 is 0.912 bits per heavy atom. The molecule has 3 aromatic rings. The maximum Gasteiger partial charge on any atom is 0.249 e. The lowest BCUT2D eigenvalue weighted by Crippen LogP contribution is -2.40. The molecule has 4 rings (SSSR count). The lowest BCUT2D eigenvalue weighted by Gasteiger charge is -2.30. The number of benzene rings is 3. The van der Waals surface area contributed by atoms with Gasteiger partial charge in [0.1, 0.15) is 9.84 Å². The third-order valence-electron chi connectivity index (χ3n) is 6.73. The predicted octanol–water partition coefficient (Wildman–Crippen LogP) is 4.38. The molecule has 2 N–H and O–H groups in total. The van der Waals surface area contributed by atoms with E-state index in [1.807, 2.05) is 61.5 Å². The van der Waals surface area contributed by atoms with Crippen LogP contribution < -0.4 is 5.73 Å². The van der Waals surface area contributed by atoms with Crippen LogP contribution in [0.2, 0.25) is 0 Å². The summed E-state index contributed by atoms with van der Waals surface area (Å²) in [5.74, 6) is -0.301. The third-order valence-corrected chi connectivity index (χ3v) is 7.72. The molecule has 1 aliphatic heterocycles. The van der Waals surface area contributed by atoms with E-state index >= 15 is 0 Å². The Bertz CT molecular complexity index is 1270. The fraction of sp³-hybridized carbons (Fsp3) is 0.321. The van der Waals surface area contributed by atoms with Gasteiger partial charge in [-0.05, 0) is 66.1 Å². The van der Waals surface area contributed by atoms with Gasteiger partial charge >= 0.3 is 0 Å². The first-order chi connectivity index (χ1) is 16.2.